The molecule has 0 bridgehead atoms. The molecule has 2 rings (SSSR count). The number of rotatable bonds is 6. The highest BCUT2D eigenvalue weighted by Gasteiger charge is 2.46. The first-order chi connectivity index (χ1) is 9.97. The number of hydrogen-bond donors (Lipinski definition) is 1. The minimum absolute atomic E-state index is 0.0127. The van der Waals surface area contributed by atoms with E-state index < -0.39 is 11.4 Å². The molecule has 1 atom stereocenters. The van der Waals surface area contributed by atoms with E-state index in [-0.39, 0.29) is 19.1 Å². The largest absolute Gasteiger partial charge is 0.481 e. The number of carbonyl (C=O) groups excluding carboxylic acids is 1. The van der Waals surface area contributed by atoms with Gasteiger partial charge in [0.1, 0.15) is 5.41 Å². The maximum Gasteiger partial charge on any atom is 0.313 e. The van der Waals surface area contributed by atoms with E-state index in [0.717, 1.165) is 9.35 Å². The molecule has 5 nitrogen and oxygen atoms in total. The number of methoxy groups -OCH3 is 1. The van der Waals surface area contributed by atoms with Gasteiger partial charge < -0.3 is 14.7 Å². The molecular weight excluding hydrogens is 358 g/mol. The first-order valence-corrected chi connectivity index (χ1v) is 8.37. The summed E-state index contributed by atoms with van der Waals surface area (Å²) in [5.41, 5.74) is -0.948. The molecule has 0 saturated carbocycles. The third-order valence-corrected chi connectivity index (χ3v) is 5.55. The first-order valence-electron chi connectivity index (χ1n) is 6.70. The molecule has 1 aliphatic rings. The number of nitrogens with zero attached hydrogens (tertiary/aromatic N) is 1. The van der Waals surface area contributed by atoms with E-state index in [0.29, 0.717) is 25.8 Å². The average molecular weight is 376 g/mol. The lowest BCUT2D eigenvalue weighted by Crippen LogP contribution is -2.40. The number of likely N-dealkylation sites (tertiary alicyclic amines) is 1. The predicted octanol–water partition coefficient (Wildman–Crippen LogP) is 2.39. The predicted molar refractivity (Wildman–Crippen MR) is 83.5 cm³/mol. The Hall–Kier alpha value is -0.920. The minimum Gasteiger partial charge on any atom is -0.481 e. The van der Waals surface area contributed by atoms with Crippen molar-refractivity contribution in [1.29, 1.82) is 0 Å². The highest BCUT2D eigenvalue weighted by molar-refractivity contribution is 9.10. The van der Waals surface area contributed by atoms with E-state index in [9.17, 15) is 14.7 Å². The SMILES string of the molecule is COCC1(C(=O)O)CCN(C(=O)CCc2cc(Br)cs2)C1. The third kappa shape index (κ3) is 3.84. The van der Waals surface area contributed by atoms with Gasteiger partial charge in [-0.2, -0.15) is 0 Å². The highest BCUT2D eigenvalue weighted by atomic mass is 79.9. The van der Waals surface area contributed by atoms with Gasteiger partial charge in [0, 0.05) is 41.4 Å². The second-order valence-electron chi connectivity index (χ2n) is 5.32. The smallest absolute Gasteiger partial charge is 0.313 e. The van der Waals surface area contributed by atoms with E-state index in [1.807, 2.05) is 11.4 Å². The van der Waals surface area contributed by atoms with Gasteiger partial charge in [0.05, 0.1) is 6.61 Å². The van der Waals surface area contributed by atoms with Crippen LogP contribution in [0.4, 0.5) is 0 Å². The number of halogens is 1. The van der Waals surface area contributed by atoms with Crippen molar-refractivity contribution in [2.24, 2.45) is 5.41 Å². The lowest BCUT2D eigenvalue weighted by molar-refractivity contribution is -0.151. The molecule has 2 heterocycles. The van der Waals surface area contributed by atoms with Crippen LogP contribution in [0.2, 0.25) is 0 Å². The van der Waals surface area contributed by atoms with E-state index in [4.69, 9.17) is 4.74 Å². The molecule has 7 heteroatoms. The Morgan fingerprint density at radius 1 is 1.57 bits per heavy atom. The van der Waals surface area contributed by atoms with Gasteiger partial charge in [-0.15, -0.1) is 11.3 Å². The number of carboxylic acids is 1. The van der Waals surface area contributed by atoms with Crippen LogP contribution in [0.3, 0.4) is 0 Å². The molecule has 0 radical (unpaired) electrons. The normalized spacial score (nSPS) is 21.7. The molecule has 1 N–H and O–H groups in total. The van der Waals surface area contributed by atoms with Gasteiger partial charge >= 0.3 is 5.97 Å². The lowest BCUT2D eigenvalue weighted by atomic mass is 9.88. The van der Waals surface area contributed by atoms with Crippen LogP contribution in [0, 0.1) is 5.41 Å². The Balaban J connectivity index is 1.91. The van der Waals surface area contributed by atoms with Crippen molar-refractivity contribution in [3.8, 4) is 0 Å². The fourth-order valence-corrected chi connectivity index (χ4v) is 4.04. The molecule has 1 fully saturated rings. The number of amides is 1. The van der Waals surface area contributed by atoms with Gasteiger partial charge in [-0.3, -0.25) is 9.59 Å². The molecule has 1 aromatic rings. The maximum absolute atomic E-state index is 12.2. The minimum atomic E-state index is -0.948. The summed E-state index contributed by atoms with van der Waals surface area (Å²) in [4.78, 5) is 26.5. The molecule has 21 heavy (non-hydrogen) atoms. The van der Waals surface area contributed by atoms with Crippen molar-refractivity contribution < 1.29 is 19.4 Å². The van der Waals surface area contributed by atoms with Crippen molar-refractivity contribution in [3.63, 3.8) is 0 Å². The quantitative estimate of drug-likeness (QED) is 0.828. The number of aliphatic carboxylic acids is 1. The van der Waals surface area contributed by atoms with Gasteiger partial charge in [0.2, 0.25) is 5.91 Å². The van der Waals surface area contributed by atoms with Crippen molar-refractivity contribution in [2.75, 3.05) is 26.8 Å². The van der Waals surface area contributed by atoms with E-state index in [2.05, 4.69) is 15.9 Å². The zero-order valence-electron chi connectivity index (χ0n) is 11.8. The van der Waals surface area contributed by atoms with Crippen molar-refractivity contribution >= 4 is 39.1 Å². The van der Waals surface area contributed by atoms with E-state index in [1.54, 1.807) is 16.2 Å². The number of thiophene rings is 1. The van der Waals surface area contributed by atoms with E-state index in [1.165, 1.54) is 7.11 Å². The second-order valence-corrected chi connectivity index (χ2v) is 7.23. The molecule has 1 saturated heterocycles. The summed E-state index contributed by atoms with van der Waals surface area (Å²) in [6.07, 6.45) is 1.55. The van der Waals surface area contributed by atoms with Crippen molar-refractivity contribution in [2.45, 2.75) is 19.3 Å². The Kier molecular flexibility index (Phi) is 5.40. The summed E-state index contributed by atoms with van der Waals surface area (Å²) in [5.74, 6) is -0.874. The molecule has 0 aliphatic carbocycles. The van der Waals surface area contributed by atoms with E-state index >= 15 is 0 Å². The zero-order chi connectivity index (χ0) is 15.5. The first kappa shape index (κ1) is 16.5. The molecule has 1 unspecified atom stereocenters. The Morgan fingerprint density at radius 2 is 2.33 bits per heavy atom. The molecular formula is C14H18BrNO4S. The van der Waals surface area contributed by atoms with Gasteiger partial charge in [-0.1, -0.05) is 0 Å². The molecule has 1 aromatic heterocycles. The van der Waals surface area contributed by atoms with Crippen LogP contribution in [0.25, 0.3) is 0 Å². The van der Waals surface area contributed by atoms with Crippen LogP contribution in [-0.4, -0.2) is 48.7 Å². The molecule has 0 aromatic carbocycles. The monoisotopic (exact) mass is 375 g/mol. The number of ether oxygens (including phenoxy) is 1. The summed E-state index contributed by atoms with van der Waals surface area (Å²) in [6, 6.07) is 2.01. The maximum atomic E-state index is 12.2. The Morgan fingerprint density at radius 3 is 2.90 bits per heavy atom. The number of carboxylic acid groups (broad SMARTS) is 1. The fourth-order valence-electron chi connectivity index (χ4n) is 2.59. The van der Waals surface area contributed by atoms with Crippen LogP contribution >= 0.6 is 27.3 Å². The number of carbonyl (C=O) groups is 2. The molecule has 0 spiro atoms. The van der Waals surface area contributed by atoms with Crippen molar-refractivity contribution in [1.82, 2.24) is 4.90 Å². The van der Waals surface area contributed by atoms with Crippen LogP contribution in [0.5, 0.6) is 0 Å². The Bertz CT molecular complexity index is 533. The van der Waals surface area contributed by atoms with Crippen molar-refractivity contribution in [3.05, 3.63) is 20.8 Å². The van der Waals surface area contributed by atoms with Crippen LogP contribution < -0.4 is 0 Å². The summed E-state index contributed by atoms with van der Waals surface area (Å²) in [6.45, 7) is 0.871. The van der Waals surface area contributed by atoms with Crippen LogP contribution in [-0.2, 0) is 20.7 Å². The second kappa shape index (κ2) is 6.89. The van der Waals surface area contributed by atoms with Gasteiger partial charge in [-0.25, -0.2) is 0 Å². The number of aryl methyl sites for hydroxylation is 1. The standard InChI is InChI=1S/C14H18BrNO4S/c1-20-9-14(13(18)19)4-5-16(8-14)12(17)3-2-11-6-10(15)7-21-11/h6-7H,2-5,8-9H2,1H3,(H,18,19). The lowest BCUT2D eigenvalue weighted by Gasteiger charge is -2.23. The van der Waals surface area contributed by atoms with Crippen LogP contribution in [0.15, 0.2) is 15.9 Å². The van der Waals surface area contributed by atoms with Gasteiger partial charge in [0.25, 0.3) is 0 Å². The average Bonchev–Trinajstić information content (AvgIpc) is 3.04. The summed E-state index contributed by atoms with van der Waals surface area (Å²) < 4.78 is 6.06. The highest BCUT2D eigenvalue weighted by Crippen LogP contribution is 2.32. The molecule has 1 amide bonds. The summed E-state index contributed by atoms with van der Waals surface area (Å²) >= 11 is 5.00. The summed E-state index contributed by atoms with van der Waals surface area (Å²) in [5, 5.41) is 11.4. The third-order valence-electron chi connectivity index (χ3n) is 3.79. The summed E-state index contributed by atoms with van der Waals surface area (Å²) in [7, 11) is 1.49. The molecule has 116 valence electrons. The zero-order valence-corrected chi connectivity index (χ0v) is 14.2. The van der Waals surface area contributed by atoms with Gasteiger partial charge in [-0.05, 0) is 34.8 Å². The number of hydrogen-bond acceptors (Lipinski definition) is 4. The van der Waals surface area contributed by atoms with Crippen LogP contribution in [0.1, 0.15) is 17.7 Å². The Labute approximate surface area is 136 Å². The fraction of sp³-hybridized carbons (Fsp3) is 0.571. The van der Waals surface area contributed by atoms with Gasteiger partial charge in [0.15, 0.2) is 0 Å². The molecule has 1 aliphatic heterocycles. The topological polar surface area (TPSA) is 66.8 Å².